The zero-order chi connectivity index (χ0) is 45.0. The van der Waals surface area contributed by atoms with Crippen molar-refractivity contribution in [1.82, 2.24) is 0 Å². The van der Waals surface area contributed by atoms with Gasteiger partial charge in [-0.05, 0) is 99.2 Å². The first-order valence-corrected chi connectivity index (χ1v) is 25.8. The summed E-state index contributed by atoms with van der Waals surface area (Å²) in [4.78, 5) is 0.652. The lowest BCUT2D eigenvalue weighted by Crippen LogP contribution is -2.57. The van der Waals surface area contributed by atoms with Crippen molar-refractivity contribution < 1.29 is 16.8 Å². The first-order valence-electron chi connectivity index (χ1n) is 21.9. The molecule has 6 nitrogen and oxygen atoms in total. The number of aryl methyl sites for hydroxylation is 2. The Balaban J connectivity index is 0.000000162. The van der Waals surface area contributed by atoms with Crippen molar-refractivity contribution in [2.75, 3.05) is 33.5 Å². The van der Waals surface area contributed by atoms with E-state index in [0.717, 1.165) is 46.5 Å². The quantitative estimate of drug-likeness (QED) is 0.101. The average Bonchev–Trinajstić information content (AvgIpc) is 3.32. The van der Waals surface area contributed by atoms with E-state index in [9.17, 15) is 16.8 Å². The third-order valence-corrected chi connectivity index (χ3v) is 18.2. The zero-order valence-electron chi connectivity index (χ0n) is 36.5. The number of alkyl halides is 2. The molecule has 6 aromatic rings. The van der Waals surface area contributed by atoms with Gasteiger partial charge in [-0.15, -0.1) is 23.2 Å². The topological polar surface area (TPSA) is 74.8 Å². The van der Waals surface area contributed by atoms with Crippen LogP contribution in [0.4, 0.5) is 11.4 Å². The number of benzene rings is 6. The van der Waals surface area contributed by atoms with E-state index in [1.165, 1.54) is 33.4 Å². The number of hydrogen-bond donors (Lipinski definition) is 0. The Morgan fingerprint density at radius 2 is 0.797 bits per heavy atom. The molecule has 0 aromatic heterocycles. The van der Waals surface area contributed by atoms with Gasteiger partial charge in [-0.1, -0.05) is 155 Å². The highest BCUT2D eigenvalue weighted by atomic mass is 35.5. The summed E-state index contributed by atoms with van der Waals surface area (Å²) in [6.45, 7) is 9.03. The monoisotopic (exact) mass is 926 g/mol. The van der Waals surface area contributed by atoms with Crippen molar-refractivity contribution in [1.29, 1.82) is 0 Å². The summed E-state index contributed by atoms with van der Waals surface area (Å²) in [5, 5.41) is 0. The fourth-order valence-corrected chi connectivity index (χ4v) is 14.7. The summed E-state index contributed by atoms with van der Waals surface area (Å²) < 4.78 is 58.3. The Bertz CT molecular complexity index is 2800. The summed E-state index contributed by atoms with van der Waals surface area (Å²) in [5.41, 5.74) is 12.6. The van der Waals surface area contributed by atoms with Crippen LogP contribution in [-0.4, -0.2) is 41.7 Å². The van der Waals surface area contributed by atoms with Crippen LogP contribution in [0.3, 0.4) is 0 Å². The summed E-state index contributed by atoms with van der Waals surface area (Å²) in [6, 6.07) is 51.1. The maximum absolute atomic E-state index is 13.8. The molecule has 0 radical (unpaired) electrons. The average molecular weight is 928 g/mol. The molecule has 0 saturated heterocycles. The minimum absolute atomic E-state index is 0.0678. The van der Waals surface area contributed by atoms with Crippen LogP contribution in [0.5, 0.6) is 0 Å². The van der Waals surface area contributed by atoms with Crippen molar-refractivity contribution in [3.63, 3.8) is 0 Å². The standard InChI is InChI=1S/2C27H26ClNO2S/c2*1-19-12-14-22(15-13-19)32(30,31)29-18-25-20(2)23(16-17-28)27(25,21-8-4-3-5-9-21)24-10-6-7-11-26(24)29/h2*3-15,25H,16-18H2,1-2H3/t2*25-,27-/m10/s1. The maximum atomic E-state index is 13.8. The van der Waals surface area contributed by atoms with Crippen molar-refractivity contribution in [2.45, 2.75) is 61.2 Å². The number of anilines is 2. The number of rotatable bonds is 10. The number of halogens is 2. The first kappa shape index (κ1) is 44.1. The molecule has 4 atom stereocenters. The Morgan fingerprint density at radius 3 is 1.14 bits per heavy atom. The molecule has 2 aliphatic carbocycles. The van der Waals surface area contributed by atoms with Crippen LogP contribution < -0.4 is 8.61 Å². The third kappa shape index (κ3) is 6.69. The molecule has 0 unspecified atom stereocenters. The minimum atomic E-state index is -3.69. The van der Waals surface area contributed by atoms with Gasteiger partial charge in [0.25, 0.3) is 20.0 Å². The predicted molar refractivity (Wildman–Crippen MR) is 262 cm³/mol. The normalized spacial score (nSPS) is 22.2. The van der Waals surface area contributed by atoms with Crippen LogP contribution in [0, 0.1) is 25.7 Å². The lowest BCUT2D eigenvalue weighted by Gasteiger charge is -2.58. The van der Waals surface area contributed by atoms with Gasteiger partial charge in [0.2, 0.25) is 0 Å². The number of nitrogens with zero attached hydrogens (tertiary/aromatic N) is 2. The minimum Gasteiger partial charge on any atom is -0.265 e. The molecule has 0 saturated carbocycles. The second-order valence-corrected chi connectivity index (χ2v) is 21.9. The Hall–Kier alpha value is -5.12. The number of sulfonamides is 2. The highest BCUT2D eigenvalue weighted by Crippen LogP contribution is 2.64. The number of para-hydroxylation sites is 2. The van der Waals surface area contributed by atoms with Gasteiger partial charge in [-0.25, -0.2) is 16.8 Å². The molecule has 0 bridgehead atoms. The van der Waals surface area contributed by atoms with Crippen LogP contribution in [0.15, 0.2) is 190 Å². The van der Waals surface area contributed by atoms with E-state index in [0.29, 0.717) is 34.6 Å². The lowest BCUT2D eigenvalue weighted by atomic mass is 9.48. The molecule has 0 amide bonds. The second-order valence-electron chi connectivity index (χ2n) is 17.4. The summed E-state index contributed by atoms with van der Waals surface area (Å²) in [7, 11) is -7.38. The van der Waals surface area contributed by atoms with Crippen LogP contribution in [0.25, 0.3) is 0 Å². The van der Waals surface area contributed by atoms with E-state index in [1.54, 1.807) is 32.9 Å². The number of hydrogen-bond acceptors (Lipinski definition) is 4. The molecule has 2 aliphatic heterocycles. The van der Waals surface area contributed by atoms with E-state index >= 15 is 0 Å². The van der Waals surface area contributed by atoms with Crippen LogP contribution >= 0.6 is 23.2 Å². The largest absolute Gasteiger partial charge is 0.265 e. The molecule has 10 rings (SSSR count). The molecular formula is C54H52Cl2N2O4S2. The van der Waals surface area contributed by atoms with Crippen molar-refractivity contribution in [2.24, 2.45) is 11.8 Å². The van der Waals surface area contributed by atoms with Crippen molar-refractivity contribution in [3.05, 3.63) is 213 Å². The molecule has 0 fully saturated rings. The second kappa shape index (κ2) is 17.0. The zero-order valence-corrected chi connectivity index (χ0v) is 39.7. The molecule has 6 aromatic carbocycles. The maximum Gasteiger partial charge on any atom is 0.264 e. The Labute approximate surface area is 389 Å². The van der Waals surface area contributed by atoms with Crippen LogP contribution in [0.2, 0.25) is 0 Å². The van der Waals surface area contributed by atoms with Crippen LogP contribution in [0.1, 0.15) is 60.1 Å². The highest BCUT2D eigenvalue weighted by molar-refractivity contribution is 7.93. The van der Waals surface area contributed by atoms with E-state index in [2.05, 4.69) is 74.5 Å². The van der Waals surface area contributed by atoms with E-state index in [4.69, 9.17) is 23.2 Å². The lowest BCUT2D eigenvalue weighted by molar-refractivity contribution is 0.336. The molecular weight excluding hydrogens is 876 g/mol. The van der Waals surface area contributed by atoms with E-state index < -0.39 is 20.0 Å². The molecule has 0 N–H and O–H groups in total. The van der Waals surface area contributed by atoms with Gasteiger partial charge >= 0.3 is 0 Å². The molecule has 0 spiro atoms. The highest BCUT2D eigenvalue weighted by Gasteiger charge is 2.60. The SMILES string of the molecule is CC1=C(CCCl)[C@@]2(c3ccccc3)c3ccccc3N(S(=O)(=O)c3ccc(C)cc3)C[C@@H]12.CC1=C(CCCl)[C@]2(c3ccccc3)c3ccccc3N(S(=O)(=O)c3ccc(C)cc3)C[C@H]12. The fourth-order valence-electron chi connectivity index (χ4n) is 11.4. The van der Waals surface area contributed by atoms with Crippen molar-refractivity contribution >= 4 is 54.6 Å². The van der Waals surface area contributed by atoms with E-state index in [1.807, 2.05) is 86.6 Å². The molecule has 2 heterocycles. The molecule has 64 heavy (non-hydrogen) atoms. The summed E-state index contributed by atoms with van der Waals surface area (Å²) in [5.74, 6) is 1.22. The molecule has 4 aliphatic rings. The van der Waals surface area contributed by atoms with Gasteiger partial charge in [0.15, 0.2) is 0 Å². The number of allylic oxidation sites excluding steroid dienone is 2. The van der Waals surface area contributed by atoms with Gasteiger partial charge in [0.1, 0.15) is 0 Å². The van der Waals surface area contributed by atoms with Crippen LogP contribution in [-0.2, 0) is 30.9 Å². The fraction of sp³-hybridized carbons (Fsp3) is 0.259. The van der Waals surface area contributed by atoms with E-state index in [-0.39, 0.29) is 22.7 Å². The van der Waals surface area contributed by atoms with Gasteiger partial charge in [-0.3, -0.25) is 8.61 Å². The molecule has 328 valence electrons. The van der Waals surface area contributed by atoms with Gasteiger partial charge in [-0.2, -0.15) is 0 Å². The van der Waals surface area contributed by atoms with Gasteiger partial charge in [0.05, 0.1) is 32.0 Å². The van der Waals surface area contributed by atoms with Gasteiger partial charge in [0, 0.05) is 36.7 Å². The Kier molecular flexibility index (Phi) is 11.7. The summed E-state index contributed by atoms with van der Waals surface area (Å²) >= 11 is 12.5. The molecule has 10 heteroatoms. The third-order valence-electron chi connectivity index (χ3n) is 14.3. The van der Waals surface area contributed by atoms with Gasteiger partial charge < -0.3 is 0 Å². The first-order chi connectivity index (χ1) is 30.8. The predicted octanol–water partition coefficient (Wildman–Crippen LogP) is 12.1. The number of fused-ring (bicyclic) bond motifs is 6. The van der Waals surface area contributed by atoms with Crippen molar-refractivity contribution in [3.8, 4) is 0 Å². The summed E-state index contributed by atoms with van der Waals surface area (Å²) in [6.07, 6.45) is 1.58. The Morgan fingerprint density at radius 1 is 0.469 bits per heavy atom. The smallest absolute Gasteiger partial charge is 0.264 e.